The van der Waals surface area contributed by atoms with Crippen LogP contribution in [0.1, 0.15) is 66.0 Å². The van der Waals surface area contributed by atoms with Gasteiger partial charge in [0.1, 0.15) is 5.82 Å². The smallest absolute Gasteiger partial charge is 0.173 e. The third kappa shape index (κ3) is 5.20. The van der Waals surface area contributed by atoms with E-state index in [-0.39, 0.29) is 11.9 Å². The monoisotopic (exact) mass is 461 g/mol. The average Bonchev–Trinajstić information content (AvgIpc) is 3.54. The van der Waals surface area contributed by atoms with Gasteiger partial charge >= 0.3 is 0 Å². The minimum atomic E-state index is -0.239. The molecule has 0 N–H and O–H groups in total. The van der Waals surface area contributed by atoms with Gasteiger partial charge < -0.3 is 0 Å². The van der Waals surface area contributed by atoms with Crippen molar-refractivity contribution in [2.24, 2.45) is 0 Å². The maximum Gasteiger partial charge on any atom is 0.173 e. The zero-order chi connectivity index (χ0) is 22.5. The number of tetrazole rings is 1. The molecule has 2 aromatic carbocycles. The molecule has 1 fully saturated rings. The van der Waals surface area contributed by atoms with E-state index in [0.717, 1.165) is 37.3 Å². The first-order chi connectivity index (χ1) is 16.3. The number of nitrogens with zero attached hydrogens (tertiary/aromatic N) is 5. The predicted octanol–water partition coefficient (Wildman–Crippen LogP) is 6.17. The van der Waals surface area contributed by atoms with E-state index < -0.39 is 0 Å². The Kier molecular flexibility index (Phi) is 6.88. The third-order valence-electron chi connectivity index (χ3n) is 6.40. The van der Waals surface area contributed by atoms with Crippen LogP contribution >= 0.6 is 11.3 Å². The minimum Gasteiger partial charge on any atom is -0.280 e. The Hall–Kier alpha value is -2.90. The molecular formula is C26H28FN5S. The van der Waals surface area contributed by atoms with Crippen molar-refractivity contribution in [3.63, 3.8) is 0 Å². The van der Waals surface area contributed by atoms with Crippen LogP contribution in [0.15, 0.2) is 72.1 Å². The molecule has 1 unspecified atom stereocenters. The van der Waals surface area contributed by atoms with E-state index in [2.05, 4.69) is 62.2 Å². The molecule has 5 nitrogen and oxygen atoms in total. The van der Waals surface area contributed by atoms with E-state index in [1.807, 2.05) is 22.9 Å². The van der Waals surface area contributed by atoms with Crippen LogP contribution in [-0.4, -0.2) is 25.1 Å². The van der Waals surface area contributed by atoms with Crippen LogP contribution in [0.25, 0.3) is 0 Å². The average molecular weight is 462 g/mol. The lowest BCUT2D eigenvalue weighted by Gasteiger charge is -2.33. The summed E-state index contributed by atoms with van der Waals surface area (Å²) in [5.41, 5.74) is 2.22. The summed E-state index contributed by atoms with van der Waals surface area (Å²) in [5.74, 6) is 0.596. The third-order valence-corrected chi connectivity index (χ3v) is 7.26. The number of hydrogen-bond acceptors (Lipinski definition) is 5. The second kappa shape index (κ2) is 10.4. The molecule has 5 rings (SSSR count). The number of thiophene rings is 1. The lowest BCUT2D eigenvalue weighted by Crippen LogP contribution is -2.32. The standard InChI is InChI=1S/C26H28FN5S/c27-22-15-13-21(14-16-22)25(26-28-29-30-32(26)23-10-5-2-6-11-23)31(19-24-12-7-17-33-24)18-20-8-3-1-4-9-20/h1,3-4,7-9,12-17,23,25H,2,5-6,10-11,18-19H2. The summed E-state index contributed by atoms with van der Waals surface area (Å²) in [4.78, 5) is 3.68. The zero-order valence-corrected chi connectivity index (χ0v) is 19.4. The Morgan fingerprint density at radius 2 is 1.73 bits per heavy atom. The minimum absolute atomic E-state index is 0.190. The normalized spacial score (nSPS) is 15.7. The fraction of sp³-hybridized carbons (Fsp3) is 0.346. The molecule has 1 aliphatic rings. The quantitative estimate of drug-likeness (QED) is 0.315. The van der Waals surface area contributed by atoms with E-state index in [9.17, 15) is 4.39 Å². The molecule has 7 heteroatoms. The summed E-state index contributed by atoms with van der Waals surface area (Å²) in [5, 5.41) is 15.2. The molecule has 170 valence electrons. The van der Waals surface area contributed by atoms with E-state index in [1.165, 1.54) is 41.8 Å². The fourth-order valence-corrected chi connectivity index (χ4v) is 5.52. The predicted molar refractivity (Wildman–Crippen MR) is 128 cm³/mol. The molecular weight excluding hydrogens is 433 g/mol. The lowest BCUT2D eigenvalue weighted by atomic mass is 9.95. The highest BCUT2D eigenvalue weighted by Crippen LogP contribution is 2.35. The highest BCUT2D eigenvalue weighted by molar-refractivity contribution is 7.09. The van der Waals surface area contributed by atoms with E-state index >= 15 is 0 Å². The summed E-state index contributed by atoms with van der Waals surface area (Å²) >= 11 is 1.75. The molecule has 2 heterocycles. The Labute approximate surface area is 197 Å². The van der Waals surface area contributed by atoms with Crippen LogP contribution in [-0.2, 0) is 13.1 Å². The number of rotatable bonds is 8. The van der Waals surface area contributed by atoms with Crippen LogP contribution in [0.2, 0.25) is 0 Å². The second-order valence-corrected chi connectivity index (χ2v) is 9.73. The number of aromatic nitrogens is 4. The molecule has 0 amide bonds. The van der Waals surface area contributed by atoms with Crippen molar-refractivity contribution >= 4 is 11.3 Å². The van der Waals surface area contributed by atoms with Gasteiger partial charge in [0.05, 0.1) is 12.1 Å². The maximum absolute atomic E-state index is 13.9. The second-order valence-electron chi connectivity index (χ2n) is 8.70. The topological polar surface area (TPSA) is 46.8 Å². The van der Waals surface area contributed by atoms with Gasteiger partial charge in [0, 0.05) is 18.0 Å². The molecule has 1 aliphatic carbocycles. The van der Waals surface area contributed by atoms with E-state index in [4.69, 9.17) is 0 Å². The van der Waals surface area contributed by atoms with Crippen molar-refractivity contribution in [3.8, 4) is 0 Å². The number of hydrogen-bond donors (Lipinski definition) is 0. The molecule has 4 aromatic rings. The van der Waals surface area contributed by atoms with Gasteiger partial charge in [-0.2, -0.15) is 0 Å². The summed E-state index contributed by atoms with van der Waals surface area (Å²) < 4.78 is 15.9. The summed E-state index contributed by atoms with van der Waals surface area (Å²) in [6, 6.07) is 21.6. The van der Waals surface area contributed by atoms with Crippen LogP contribution < -0.4 is 0 Å². The summed E-state index contributed by atoms with van der Waals surface area (Å²) in [7, 11) is 0. The highest BCUT2D eigenvalue weighted by atomic mass is 32.1. The van der Waals surface area contributed by atoms with Crippen molar-refractivity contribution in [2.75, 3.05) is 0 Å². The van der Waals surface area contributed by atoms with Crippen LogP contribution in [0.4, 0.5) is 4.39 Å². The summed E-state index contributed by atoms with van der Waals surface area (Å²) in [6.07, 6.45) is 5.87. The molecule has 0 spiro atoms. The van der Waals surface area contributed by atoms with Gasteiger partial charge in [-0.15, -0.1) is 16.4 Å². The first kappa shape index (κ1) is 21.9. The largest absolute Gasteiger partial charge is 0.280 e. The van der Waals surface area contributed by atoms with Gasteiger partial charge in [-0.25, -0.2) is 9.07 Å². The zero-order valence-electron chi connectivity index (χ0n) is 18.6. The van der Waals surface area contributed by atoms with Gasteiger partial charge in [0.2, 0.25) is 0 Å². The molecule has 0 radical (unpaired) electrons. The highest BCUT2D eigenvalue weighted by Gasteiger charge is 2.31. The van der Waals surface area contributed by atoms with Crippen molar-refractivity contribution < 1.29 is 4.39 Å². The van der Waals surface area contributed by atoms with Gasteiger partial charge in [-0.3, -0.25) is 4.90 Å². The fourth-order valence-electron chi connectivity index (χ4n) is 4.79. The SMILES string of the molecule is Fc1ccc(C(c2nnnn2C2CCCCC2)N(Cc2ccccc2)Cc2cccs2)cc1. The van der Waals surface area contributed by atoms with Gasteiger partial charge in [0.15, 0.2) is 5.82 Å². The molecule has 33 heavy (non-hydrogen) atoms. The van der Waals surface area contributed by atoms with Gasteiger partial charge in [0.25, 0.3) is 0 Å². The number of halogens is 1. The Morgan fingerprint density at radius 3 is 2.45 bits per heavy atom. The molecule has 2 aromatic heterocycles. The molecule has 1 saturated carbocycles. The van der Waals surface area contributed by atoms with Crippen LogP contribution in [0.3, 0.4) is 0 Å². The van der Waals surface area contributed by atoms with E-state index in [1.54, 1.807) is 11.3 Å². The molecule has 0 aliphatic heterocycles. The van der Waals surface area contributed by atoms with Crippen molar-refractivity contribution in [1.29, 1.82) is 0 Å². The van der Waals surface area contributed by atoms with Crippen LogP contribution in [0.5, 0.6) is 0 Å². The Bertz CT molecular complexity index is 1120. The number of benzene rings is 2. The Morgan fingerprint density at radius 1 is 0.939 bits per heavy atom. The summed E-state index contributed by atoms with van der Waals surface area (Å²) in [6.45, 7) is 1.49. The molecule has 1 atom stereocenters. The first-order valence-corrected chi connectivity index (χ1v) is 12.5. The lowest BCUT2D eigenvalue weighted by molar-refractivity contribution is 0.189. The molecule has 0 bridgehead atoms. The maximum atomic E-state index is 13.9. The first-order valence-electron chi connectivity index (χ1n) is 11.6. The van der Waals surface area contributed by atoms with Crippen LogP contribution in [0, 0.1) is 5.82 Å². The van der Waals surface area contributed by atoms with Crippen molar-refractivity contribution in [2.45, 2.75) is 57.3 Å². The van der Waals surface area contributed by atoms with Crippen molar-refractivity contribution in [3.05, 3.63) is 99.8 Å². The van der Waals surface area contributed by atoms with Crippen molar-refractivity contribution in [1.82, 2.24) is 25.1 Å². The molecule has 0 saturated heterocycles. The van der Waals surface area contributed by atoms with Gasteiger partial charge in [-0.05, 0) is 58.0 Å². The van der Waals surface area contributed by atoms with Gasteiger partial charge in [-0.1, -0.05) is 67.8 Å². The van der Waals surface area contributed by atoms with E-state index in [0.29, 0.717) is 6.04 Å². The Balaban J connectivity index is 1.58.